The second-order valence-electron chi connectivity index (χ2n) is 5.57. The zero-order valence-electron chi connectivity index (χ0n) is 14.5. The summed E-state index contributed by atoms with van der Waals surface area (Å²) in [5.41, 5.74) is 1.50. The lowest BCUT2D eigenvalue weighted by Crippen LogP contribution is -2.26. The Hall–Kier alpha value is -3.09. The molecule has 0 bridgehead atoms. The lowest BCUT2D eigenvalue weighted by Gasteiger charge is -2.16. The fraction of sp³-hybridized carbons (Fsp3) is 0.278. The molecular formula is C18H20N2O5. The number of hydrogen-bond donors (Lipinski definition) is 1. The number of benzene rings is 2. The molecule has 25 heavy (non-hydrogen) atoms. The molecule has 0 radical (unpaired) electrons. The number of nitro groups is 1. The molecule has 0 aliphatic carbocycles. The highest BCUT2D eigenvalue weighted by atomic mass is 16.6. The minimum atomic E-state index is -0.496. The Kier molecular flexibility index (Phi) is 5.59. The second kappa shape index (κ2) is 7.65. The fourth-order valence-electron chi connectivity index (χ4n) is 2.43. The molecule has 0 heterocycles. The van der Waals surface area contributed by atoms with E-state index in [-0.39, 0.29) is 23.2 Å². The number of amides is 1. The van der Waals surface area contributed by atoms with Crippen LogP contribution in [0.2, 0.25) is 0 Å². The van der Waals surface area contributed by atoms with Gasteiger partial charge in [0, 0.05) is 17.2 Å². The van der Waals surface area contributed by atoms with E-state index < -0.39 is 4.92 Å². The highest BCUT2D eigenvalue weighted by Gasteiger charge is 2.17. The van der Waals surface area contributed by atoms with Crippen LogP contribution in [0.5, 0.6) is 11.5 Å². The van der Waals surface area contributed by atoms with Crippen LogP contribution in [0.4, 0.5) is 5.69 Å². The van der Waals surface area contributed by atoms with E-state index in [4.69, 9.17) is 9.47 Å². The molecule has 0 aliphatic rings. The summed E-state index contributed by atoms with van der Waals surface area (Å²) in [4.78, 5) is 22.9. The maximum Gasteiger partial charge on any atom is 0.273 e. The van der Waals surface area contributed by atoms with E-state index in [9.17, 15) is 14.9 Å². The number of nitrogens with one attached hydrogen (secondary N) is 1. The SMILES string of the molecule is COc1ccc([C@H](C)NC(=O)c2ccc(C)c([N+](=O)[O-])c2)cc1OC. The molecule has 0 aromatic heterocycles. The summed E-state index contributed by atoms with van der Waals surface area (Å²) in [5.74, 6) is 0.774. The Morgan fingerprint density at radius 3 is 2.40 bits per heavy atom. The largest absolute Gasteiger partial charge is 0.493 e. The molecule has 0 spiro atoms. The van der Waals surface area contributed by atoms with Crippen molar-refractivity contribution in [3.05, 3.63) is 63.2 Å². The molecule has 7 heteroatoms. The maximum atomic E-state index is 12.4. The van der Waals surface area contributed by atoms with Gasteiger partial charge in [0.05, 0.1) is 25.2 Å². The first-order valence-electron chi connectivity index (χ1n) is 7.65. The van der Waals surface area contributed by atoms with Crippen LogP contribution in [-0.4, -0.2) is 25.1 Å². The van der Waals surface area contributed by atoms with Gasteiger partial charge in [0.1, 0.15) is 0 Å². The van der Waals surface area contributed by atoms with Crippen molar-refractivity contribution in [2.24, 2.45) is 0 Å². The third-order valence-corrected chi connectivity index (χ3v) is 3.92. The molecule has 2 aromatic carbocycles. The molecule has 0 saturated heterocycles. The van der Waals surface area contributed by atoms with Crippen molar-refractivity contribution in [2.45, 2.75) is 19.9 Å². The van der Waals surface area contributed by atoms with Crippen molar-refractivity contribution in [3.63, 3.8) is 0 Å². The van der Waals surface area contributed by atoms with Gasteiger partial charge in [-0.2, -0.15) is 0 Å². The summed E-state index contributed by atoms with van der Waals surface area (Å²) < 4.78 is 10.5. The Labute approximate surface area is 145 Å². The summed E-state index contributed by atoms with van der Waals surface area (Å²) in [6, 6.07) is 9.46. The Balaban J connectivity index is 2.20. The van der Waals surface area contributed by atoms with Crippen LogP contribution in [0.15, 0.2) is 36.4 Å². The molecule has 132 valence electrons. The number of nitrogens with zero attached hydrogens (tertiary/aromatic N) is 1. The quantitative estimate of drug-likeness (QED) is 0.640. The van der Waals surface area contributed by atoms with Gasteiger partial charge in [0.15, 0.2) is 11.5 Å². The predicted molar refractivity (Wildman–Crippen MR) is 93.3 cm³/mol. The molecule has 7 nitrogen and oxygen atoms in total. The molecule has 0 aliphatic heterocycles. The number of carbonyl (C=O) groups excluding carboxylic acids is 1. The molecule has 0 saturated carbocycles. The standard InChI is InChI=1S/C18H20N2O5/c1-11-5-6-14(9-15(11)20(22)23)18(21)19-12(2)13-7-8-16(24-3)17(10-13)25-4/h5-10,12H,1-4H3,(H,19,21)/t12-/m0/s1. The second-order valence-corrected chi connectivity index (χ2v) is 5.57. The van der Waals surface area contributed by atoms with Crippen LogP contribution in [0.3, 0.4) is 0 Å². The van der Waals surface area contributed by atoms with Crippen LogP contribution < -0.4 is 14.8 Å². The van der Waals surface area contributed by atoms with Gasteiger partial charge < -0.3 is 14.8 Å². The smallest absolute Gasteiger partial charge is 0.273 e. The number of hydrogen-bond acceptors (Lipinski definition) is 5. The third kappa shape index (κ3) is 4.06. The highest BCUT2D eigenvalue weighted by Crippen LogP contribution is 2.30. The first-order valence-corrected chi connectivity index (χ1v) is 7.65. The zero-order chi connectivity index (χ0) is 18.6. The van der Waals surface area contributed by atoms with Crippen molar-refractivity contribution >= 4 is 11.6 Å². The molecule has 1 N–H and O–H groups in total. The predicted octanol–water partition coefficient (Wildman–Crippen LogP) is 3.41. The van der Waals surface area contributed by atoms with E-state index in [1.807, 2.05) is 13.0 Å². The minimum Gasteiger partial charge on any atom is -0.493 e. The maximum absolute atomic E-state index is 12.4. The van der Waals surface area contributed by atoms with Crippen molar-refractivity contribution in [1.29, 1.82) is 0 Å². The normalized spacial score (nSPS) is 11.5. The number of aryl methyl sites for hydroxylation is 1. The van der Waals surface area contributed by atoms with E-state index >= 15 is 0 Å². The van der Waals surface area contributed by atoms with Crippen molar-refractivity contribution < 1.29 is 19.2 Å². The van der Waals surface area contributed by atoms with Gasteiger partial charge in [-0.25, -0.2) is 0 Å². The highest BCUT2D eigenvalue weighted by molar-refractivity contribution is 5.95. The summed E-state index contributed by atoms with van der Waals surface area (Å²) in [7, 11) is 3.09. The van der Waals surface area contributed by atoms with E-state index in [1.165, 1.54) is 13.2 Å². The lowest BCUT2D eigenvalue weighted by atomic mass is 10.1. The van der Waals surface area contributed by atoms with Crippen LogP contribution in [0.1, 0.15) is 34.5 Å². The topological polar surface area (TPSA) is 90.7 Å². The van der Waals surface area contributed by atoms with Gasteiger partial charge in [0.25, 0.3) is 11.6 Å². The van der Waals surface area contributed by atoms with Crippen LogP contribution in [-0.2, 0) is 0 Å². The molecule has 2 rings (SSSR count). The number of rotatable bonds is 6. The monoisotopic (exact) mass is 344 g/mol. The molecule has 0 unspecified atom stereocenters. The third-order valence-electron chi connectivity index (χ3n) is 3.92. The number of methoxy groups -OCH3 is 2. The Morgan fingerprint density at radius 1 is 1.12 bits per heavy atom. The van der Waals surface area contributed by atoms with Crippen LogP contribution in [0, 0.1) is 17.0 Å². The first kappa shape index (κ1) is 18.3. The van der Waals surface area contributed by atoms with Crippen LogP contribution >= 0.6 is 0 Å². The number of carbonyl (C=O) groups is 1. The Morgan fingerprint density at radius 2 is 1.80 bits per heavy atom. The van der Waals surface area contributed by atoms with Gasteiger partial charge in [-0.15, -0.1) is 0 Å². The number of nitro benzene ring substituents is 1. The van der Waals surface area contributed by atoms with Crippen LogP contribution in [0.25, 0.3) is 0 Å². The summed E-state index contributed by atoms with van der Waals surface area (Å²) in [6.45, 7) is 3.45. The van der Waals surface area contributed by atoms with Crippen molar-refractivity contribution in [2.75, 3.05) is 14.2 Å². The molecule has 1 amide bonds. The molecular weight excluding hydrogens is 324 g/mol. The van der Waals surface area contributed by atoms with E-state index in [0.717, 1.165) is 5.56 Å². The molecule has 0 fully saturated rings. The fourth-order valence-corrected chi connectivity index (χ4v) is 2.43. The summed E-state index contributed by atoms with van der Waals surface area (Å²) in [5, 5.41) is 13.8. The van der Waals surface area contributed by atoms with Gasteiger partial charge >= 0.3 is 0 Å². The van der Waals surface area contributed by atoms with E-state index in [1.54, 1.807) is 38.3 Å². The molecule has 1 atom stereocenters. The van der Waals surface area contributed by atoms with Crippen molar-refractivity contribution in [3.8, 4) is 11.5 Å². The van der Waals surface area contributed by atoms with Crippen molar-refractivity contribution in [1.82, 2.24) is 5.32 Å². The Bertz CT molecular complexity index is 804. The van der Waals surface area contributed by atoms with Gasteiger partial charge in [-0.3, -0.25) is 14.9 Å². The van der Waals surface area contributed by atoms with Gasteiger partial charge in [-0.1, -0.05) is 12.1 Å². The van der Waals surface area contributed by atoms with Gasteiger partial charge in [-0.05, 0) is 37.6 Å². The first-order chi connectivity index (χ1) is 11.9. The zero-order valence-corrected chi connectivity index (χ0v) is 14.5. The minimum absolute atomic E-state index is 0.0774. The average Bonchev–Trinajstić information content (AvgIpc) is 2.60. The van der Waals surface area contributed by atoms with E-state index in [0.29, 0.717) is 17.1 Å². The lowest BCUT2D eigenvalue weighted by molar-refractivity contribution is -0.385. The number of ether oxygens (including phenoxy) is 2. The van der Waals surface area contributed by atoms with Gasteiger partial charge in [0.2, 0.25) is 0 Å². The average molecular weight is 344 g/mol. The summed E-state index contributed by atoms with van der Waals surface area (Å²) in [6.07, 6.45) is 0. The van der Waals surface area contributed by atoms with E-state index in [2.05, 4.69) is 5.32 Å². The summed E-state index contributed by atoms with van der Waals surface area (Å²) >= 11 is 0. The molecule has 2 aromatic rings.